The largest absolute Gasteiger partial charge is 0.357 e. The number of nitrogens with one attached hydrogen (secondary N) is 2. The fraction of sp³-hybridized carbons (Fsp3) is 0.333. The standard InChI is InChI=1S/C18H24N4/c1-4-19-18(21-12-16-10-6-5-8-14(16)2)22-13-17-15(3)9-7-11-20-17/h5-11H,4,12-13H2,1-3H3,(H2,19,21,22). The number of aromatic nitrogens is 1. The van der Waals surface area contributed by atoms with Gasteiger partial charge in [-0.05, 0) is 43.5 Å². The van der Waals surface area contributed by atoms with Crippen molar-refractivity contribution in [3.05, 3.63) is 65.0 Å². The number of nitrogens with zero attached hydrogens (tertiary/aromatic N) is 2. The summed E-state index contributed by atoms with van der Waals surface area (Å²) in [5.74, 6) is 0.816. The quantitative estimate of drug-likeness (QED) is 0.659. The Balaban J connectivity index is 2.02. The summed E-state index contributed by atoms with van der Waals surface area (Å²) in [6.45, 7) is 8.43. The smallest absolute Gasteiger partial charge is 0.191 e. The van der Waals surface area contributed by atoms with Crippen LogP contribution in [0.3, 0.4) is 0 Å². The average molecular weight is 296 g/mol. The van der Waals surface area contributed by atoms with Crippen molar-refractivity contribution in [1.82, 2.24) is 15.6 Å². The van der Waals surface area contributed by atoms with Crippen LogP contribution >= 0.6 is 0 Å². The minimum Gasteiger partial charge on any atom is -0.357 e. The number of aliphatic imine (C=N–C) groups is 1. The average Bonchev–Trinajstić information content (AvgIpc) is 2.53. The molecule has 0 saturated carbocycles. The van der Waals surface area contributed by atoms with Gasteiger partial charge in [-0.2, -0.15) is 0 Å². The Bertz CT molecular complexity index is 634. The Morgan fingerprint density at radius 2 is 1.82 bits per heavy atom. The zero-order chi connectivity index (χ0) is 15.8. The number of guanidine groups is 1. The lowest BCUT2D eigenvalue weighted by Crippen LogP contribution is -2.37. The molecule has 2 rings (SSSR count). The van der Waals surface area contributed by atoms with Gasteiger partial charge in [0.05, 0.1) is 18.8 Å². The highest BCUT2D eigenvalue weighted by Gasteiger charge is 2.02. The van der Waals surface area contributed by atoms with E-state index in [1.165, 1.54) is 16.7 Å². The molecule has 0 aliphatic rings. The van der Waals surface area contributed by atoms with Crippen molar-refractivity contribution in [1.29, 1.82) is 0 Å². The molecule has 0 unspecified atom stereocenters. The Morgan fingerprint density at radius 1 is 1.05 bits per heavy atom. The van der Waals surface area contributed by atoms with Crippen molar-refractivity contribution < 1.29 is 0 Å². The number of rotatable bonds is 5. The SMILES string of the molecule is CCNC(=NCc1ccccc1C)NCc1ncccc1C. The van der Waals surface area contributed by atoms with Crippen molar-refractivity contribution in [2.45, 2.75) is 33.9 Å². The minimum absolute atomic E-state index is 0.670. The van der Waals surface area contributed by atoms with Crippen LogP contribution in [-0.4, -0.2) is 17.5 Å². The molecule has 1 aromatic heterocycles. The zero-order valence-corrected chi connectivity index (χ0v) is 13.6. The van der Waals surface area contributed by atoms with Gasteiger partial charge in [0, 0.05) is 12.7 Å². The van der Waals surface area contributed by atoms with Crippen molar-refractivity contribution in [3.63, 3.8) is 0 Å². The molecule has 0 radical (unpaired) electrons. The number of hydrogen-bond donors (Lipinski definition) is 2. The summed E-state index contributed by atoms with van der Waals surface area (Å²) < 4.78 is 0. The van der Waals surface area contributed by atoms with Crippen LogP contribution < -0.4 is 10.6 Å². The summed E-state index contributed by atoms with van der Waals surface area (Å²) in [6.07, 6.45) is 1.82. The third-order valence-corrected chi connectivity index (χ3v) is 3.55. The predicted molar refractivity (Wildman–Crippen MR) is 91.8 cm³/mol. The van der Waals surface area contributed by atoms with Gasteiger partial charge in [0.15, 0.2) is 5.96 Å². The molecule has 4 nitrogen and oxygen atoms in total. The number of pyridine rings is 1. The summed E-state index contributed by atoms with van der Waals surface area (Å²) in [7, 11) is 0. The first-order chi connectivity index (χ1) is 10.7. The molecule has 2 aromatic rings. The lowest BCUT2D eigenvalue weighted by atomic mass is 10.1. The highest BCUT2D eigenvalue weighted by atomic mass is 15.2. The molecule has 0 amide bonds. The molecule has 0 fully saturated rings. The molecule has 1 aromatic carbocycles. The molecular formula is C18H24N4. The number of aryl methyl sites for hydroxylation is 2. The molecule has 1 heterocycles. The molecule has 0 atom stereocenters. The second-order valence-corrected chi connectivity index (χ2v) is 5.24. The van der Waals surface area contributed by atoms with Crippen LogP contribution in [0.5, 0.6) is 0 Å². The van der Waals surface area contributed by atoms with Gasteiger partial charge in [-0.1, -0.05) is 30.3 Å². The maximum absolute atomic E-state index is 4.66. The second kappa shape index (κ2) is 8.17. The van der Waals surface area contributed by atoms with Gasteiger partial charge in [0.25, 0.3) is 0 Å². The van der Waals surface area contributed by atoms with E-state index >= 15 is 0 Å². The maximum atomic E-state index is 4.66. The molecule has 4 heteroatoms. The summed E-state index contributed by atoms with van der Waals surface area (Å²) in [6, 6.07) is 12.4. The van der Waals surface area contributed by atoms with E-state index in [0.29, 0.717) is 13.1 Å². The number of hydrogen-bond acceptors (Lipinski definition) is 2. The summed E-state index contributed by atoms with van der Waals surface area (Å²) in [5, 5.41) is 6.62. The molecule has 0 saturated heterocycles. The number of benzene rings is 1. The van der Waals surface area contributed by atoms with Crippen LogP contribution in [0.2, 0.25) is 0 Å². The van der Waals surface area contributed by atoms with Gasteiger partial charge >= 0.3 is 0 Å². The first-order valence-electron chi connectivity index (χ1n) is 7.68. The fourth-order valence-corrected chi connectivity index (χ4v) is 2.16. The van der Waals surface area contributed by atoms with Gasteiger partial charge in [0.1, 0.15) is 0 Å². The van der Waals surface area contributed by atoms with Gasteiger partial charge in [-0.25, -0.2) is 4.99 Å². The molecule has 2 N–H and O–H groups in total. The van der Waals surface area contributed by atoms with Crippen molar-refractivity contribution >= 4 is 5.96 Å². The third kappa shape index (κ3) is 4.58. The summed E-state index contributed by atoms with van der Waals surface area (Å²) >= 11 is 0. The highest BCUT2D eigenvalue weighted by Crippen LogP contribution is 2.08. The van der Waals surface area contributed by atoms with Gasteiger partial charge in [0.2, 0.25) is 0 Å². The molecule has 116 valence electrons. The second-order valence-electron chi connectivity index (χ2n) is 5.24. The van der Waals surface area contributed by atoms with Crippen LogP contribution in [-0.2, 0) is 13.1 Å². The lowest BCUT2D eigenvalue weighted by Gasteiger charge is -2.12. The van der Waals surface area contributed by atoms with E-state index in [0.717, 1.165) is 18.2 Å². The van der Waals surface area contributed by atoms with Gasteiger partial charge in [-0.15, -0.1) is 0 Å². The van der Waals surface area contributed by atoms with E-state index < -0.39 is 0 Å². The van der Waals surface area contributed by atoms with Crippen molar-refractivity contribution in [2.75, 3.05) is 6.54 Å². The van der Waals surface area contributed by atoms with Gasteiger partial charge in [-0.3, -0.25) is 4.98 Å². The van der Waals surface area contributed by atoms with E-state index in [9.17, 15) is 0 Å². The third-order valence-electron chi connectivity index (χ3n) is 3.55. The maximum Gasteiger partial charge on any atom is 0.191 e. The van der Waals surface area contributed by atoms with E-state index in [4.69, 9.17) is 0 Å². The highest BCUT2D eigenvalue weighted by molar-refractivity contribution is 5.79. The molecular weight excluding hydrogens is 272 g/mol. The van der Waals surface area contributed by atoms with Crippen molar-refractivity contribution in [2.24, 2.45) is 4.99 Å². The molecule has 22 heavy (non-hydrogen) atoms. The summed E-state index contributed by atoms with van der Waals surface area (Å²) in [5.41, 5.74) is 4.74. The Hall–Kier alpha value is -2.36. The Morgan fingerprint density at radius 3 is 2.55 bits per heavy atom. The molecule has 0 spiro atoms. The normalized spacial score (nSPS) is 11.3. The predicted octanol–water partition coefficient (Wildman–Crippen LogP) is 2.95. The van der Waals surface area contributed by atoms with Crippen LogP contribution in [0.15, 0.2) is 47.6 Å². The molecule has 0 bridgehead atoms. The van der Waals surface area contributed by atoms with Crippen LogP contribution in [0.4, 0.5) is 0 Å². The monoisotopic (exact) mass is 296 g/mol. The Kier molecular flexibility index (Phi) is 5.95. The first kappa shape index (κ1) is 16.0. The zero-order valence-electron chi connectivity index (χ0n) is 13.6. The fourth-order valence-electron chi connectivity index (χ4n) is 2.16. The molecule has 0 aliphatic carbocycles. The van der Waals surface area contributed by atoms with E-state index in [2.05, 4.69) is 71.7 Å². The first-order valence-corrected chi connectivity index (χ1v) is 7.68. The summed E-state index contributed by atoms with van der Waals surface area (Å²) in [4.78, 5) is 9.05. The van der Waals surface area contributed by atoms with Crippen LogP contribution in [0.1, 0.15) is 29.3 Å². The van der Waals surface area contributed by atoms with E-state index in [1.54, 1.807) is 0 Å². The van der Waals surface area contributed by atoms with Crippen molar-refractivity contribution in [3.8, 4) is 0 Å². The topological polar surface area (TPSA) is 49.3 Å². The van der Waals surface area contributed by atoms with E-state index in [1.807, 2.05) is 12.3 Å². The van der Waals surface area contributed by atoms with Crippen LogP contribution in [0.25, 0.3) is 0 Å². The van der Waals surface area contributed by atoms with E-state index in [-0.39, 0.29) is 0 Å². The minimum atomic E-state index is 0.670. The van der Waals surface area contributed by atoms with Gasteiger partial charge < -0.3 is 10.6 Å². The lowest BCUT2D eigenvalue weighted by molar-refractivity contribution is 0.794. The van der Waals surface area contributed by atoms with Crippen LogP contribution in [0, 0.1) is 13.8 Å². The Labute approximate surface area is 132 Å². The molecule has 0 aliphatic heterocycles.